The maximum atomic E-state index is 6.30. The highest BCUT2D eigenvalue weighted by molar-refractivity contribution is 6.35. The van der Waals surface area contributed by atoms with Crippen molar-refractivity contribution in [1.29, 1.82) is 0 Å². The van der Waals surface area contributed by atoms with Crippen LogP contribution in [-0.2, 0) is 13.1 Å². The molecular weight excluding hydrogens is 367 g/mol. The van der Waals surface area contributed by atoms with Crippen molar-refractivity contribution < 1.29 is 0 Å². The van der Waals surface area contributed by atoms with Crippen LogP contribution < -0.4 is 5.32 Å². The topological polar surface area (TPSA) is 42.7 Å². The Bertz CT molecular complexity index is 841. The molecule has 3 rings (SSSR count). The lowest BCUT2D eigenvalue weighted by Gasteiger charge is -2.10. The van der Waals surface area contributed by atoms with Crippen LogP contribution in [0, 0.1) is 0 Å². The molecule has 3 aromatic rings. The van der Waals surface area contributed by atoms with Gasteiger partial charge in [-0.1, -0.05) is 66.5 Å². The second-order valence-corrected chi connectivity index (χ2v) is 7.10. The van der Waals surface area contributed by atoms with E-state index < -0.39 is 0 Å². The quantitative estimate of drug-likeness (QED) is 0.605. The van der Waals surface area contributed by atoms with E-state index in [0.29, 0.717) is 29.2 Å². The molecule has 0 saturated carbocycles. The minimum Gasteiger partial charge on any atom is -0.309 e. The van der Waals surface area contributed by atoms with Gasteiger partial charge >= 0.3 is 0 Å². The summed E-state index contributed by atoms with van der Waals surface area (Å²) in [6.07, 6.45) is 1.06. The molecule has 0 fully saturated rings. The fourth-order valence-electron chi connectivity index (χ4n) is 2.63. The van der Waals surface area contributed by atoms with Crippen molar-refractivity contribution in [3.63, 3.8) is 0 Å². The van der Waals surface area contributed by atoms with Crippen LogP contribution in [0.3, 0.4) is 0 Å². The molecular formula is C20H22Cl2N4. The van der Waals surface area contributed by atoms with E-state index in [0.717, 1.165) is 28.9 Å². The van der Waals surface area contributed by atoms with Crippen LogP contribution in [0.2, 0.25) is 10.0 Å². The molecule has 0 bridgehead atoms. The van der Waals surface area contributed by atoms with Crippen molar-refractivity contribution in [1.82, 2.24) is 20.3 Å². The molecule has 0 saturated heterocycles. The predicted octanol–water partition coefficient (Wildman–Crippen LogP) is 5.19. The first-order valence-electron chi connectivity index (χ1n) is 8.74. The van der Waals surface area contributed by atoms with Crippen molar-refractivity contribution in [2.45, 2.75) is 39.4 Å². The lowest BCUT2D eigenvalue weighted by Crippen LogP contribution is -2.25. The van der Waals surface area contributed by atoms with E-state index >= 15 is 0 Å². The third-order valence-electron chi connectivity index (χ3n) is 4.36. The Kier molecular flexibility index (Phi) is 6.30. The average Bonchev–Trinajstić information content (AvgIpc) is 3.06. The second-order valence-electron chi connectivity index (χ2n) is 6.28. The molecule has 0 aliphatic heterocycles. The Morgan fingerprint density at radius 2 is 1.69 bits per heavy atom. The van der Waals surface area contributed by atoms with Crippen molar-refractivity contribution in [2.75, 3.05) is 0 Å². The van der Waals surface area contributed by atoms with Gasteiger partial charge in [0.2, 0.25) is 0 Å². The van der Waals surface area contributed by atoms with Crippen LogP contribution >= 0.6 is 23.2 Å². The standard InChI is InChI=1S/C20H22Cl2N4/c1-3-14(2)23-12-19-20(15-8-5-4-6-9-15)25-26(24-19)13-16-17(21)10-7-11-18(16)22/h4-11,14,23H,3,12-13H2,1-2H3/t14-/m0/s1. The van der Waals surface area contributed by atoms with E-state index in [-0.39, 0.29) is 0 Å². The number of nitrogens with zero attached hydrogens (tertiary/aromatic N) is 3. The molecule has 26 heavy (non-hydrogen) atoms. The summed E-state index contributed by atoms with van der Waals surface area (Å²) in [7, 11) is 0. The van der Waals surface area contributed by atoms with Crippen LogP contribution in [-0.4, -0.2) is 21.0 Å². The summed E-state index contributed by atoms with van der Waals surface area (Å²) in [6, 6.07) is 16.0. The fraction of sp³-hybridized carbons (Fsp3) is 0.300. The molecule has 6 heteroatoms. The zero-order chi connectivity index (χ0) is 18.5. The van der Waals surface area contributed by atoms with Gasteiger partial charge in [0.15, 0.2) is 0 Å². The second kappa shape index (κ2) is 8.67. The Morgan fingerprint density at radius 3 is 2.35 bits per heavy atom. The summed E-state index contributed by atoms with van der Waals surface area (Å²) in [4.78, 5) is 1.67. The maximum absolute atomic E-state index is 6.30. The fourth-order valence-corrected chi connectivity index (χ4v) is 3.15. The van der Waals surface area contributed by atoms with Gasteiger partial charge in [0, 0.05) is 33.8 Å². The summed E-state index contributed by atoms with van der Waals surface area (Å²) < 4.78 is 0. The van der Waals surface area contributed by atoms with Gasteiger partial charge in [-0.05, 0) is 25.5 Å². The maximum Gasteiger partial charge on any atom is 0.117 e. The molecule has 4 nitrogen and oxygen atoms in total. The number of halogens is 2. The van der Waals surface area contributed by atoms with Gasteiger partial charge < -0.3 is 5.32 Å². The van der Waals surface area contributed by atoms with Crippen LogP contribution in [0.5, 0.6) is 0 Å². The van der Waals surface area contributed by atoms with E-state index in [9.17, 15) is 0 Å². The minimum absolute atomic E-state index is 0.418. The van der Waals surface area contributed by atoms with Crippen LogP contribution in [0.1, 0.15) is 31.5 Å². The SMILES string of the molecule is CC[C@H](C)NCc1nn(Cc2c(Cl)cccc2Cl)nc1-c1ccccc1. The van der Waals surface area contributed by atoms with Gasteiger partial charge in [-0.3, -0.25) is 0 Å². The lowest BCUT2D eigenvalue weighted by molar-refractivity contribution is 0.520. The zero-order valence-corrected chi connectivity index (χ0v) is 16.4. The van der Waals surface area contributed by atoms with Crippen molar-refractivity contribution in [3.8, 4) is 11.3 Å². The number of benzene rings is 2. The monoisotopic (exact) mass is 388 g/mol. The van der Waals surface area contributed by atoms with Gasteiger partial charge in [0.25, 0.3) is 0 Å². The van der Waals surface area contributed by atoms with Crippen molar-refractivity contribution >= 4 is 23.2 Å². The molecule has 1 heterocycles. The largest absolute Gasteiger partial charge is 0.309 e. The first-order valence-corrected chi connectivity index (χ1v) is 9.49. The number of aromatic nitrogens is 3. The molecule has 0 aliphatic carbocycles. The summed E-state index contributed by atoms with van der Waals surface area (Å²) in [5, 5.41) is 14.1. The molecule has 1 aromatic heterocycles. The van der Waals surface area contributed by atoms with Crippen molar-refractivity contribution in [3.05, 3.63) is 69.8 Å². The highest BCUT2D eigenvalue weighted by Gasteiger charge is 2.15. The number of rotatable bonds is 7. The highest BCUT2D eigenvalue weighted by atomic mass is 35.5. The Hall–Kier alpha value is -1.88. The Labute approximate surface area is 164 Å². The van der Waals surface area contributed by atoms with Gasteiger partial charge in [0.05, 0.1) is 6.54 Å². The third-order valence-corrected chi connectivity index (χ3v) is 5.07. The van der Waals surface area contributed by atoms with E-state index in [4.69, 9.17) is 33.4 Å². The zero-order valence-electron chi connectivity index (χ0n) is 14.9. The summed E-state index contributed by atoms with van der Waals surface area (Å²) in [6.45, 7) is 5.42. The first-order chi connectivity index (χ1) is 12.6. The van der Waals surface area contributed by atoms with Gasteiger partial charge in [-0.15, -0.1) is 0 Å². The summed E-state index contributed by atoms with van der Waals surface area (Å²) in [5.41, 5.74) is 3.67. The number of nitrogens with one attached hydrogen (secondary N) is 1. The third kappa shape index (κ3) is 4.44. The summed E-state index contributed by atoms with van der Waals surface area (Å²) >= 11 is 12.6. The molecule has 0 spiro atoms. The van der Waals surface area contributed by atoms with Gasteiger partial charge in [0.1, 0.15) is 11.4 Å². The average molecular weight is 389 g/mol. The molecule has 2 aromatic carbocycles. The molecule has 1 N–H and O–H groups in total. The van der Waals surface area contributed by atoms with Crippen molar-refractivity contribution in [2.24, 2.45) is 0 Å². The number of hydrogen-bond acceptors (Lipinski definition) is 3. The molecule has 0 aliphatic rings. The van der Waals surface area contributed by atoms with Crippen LogP contribution in [0.4, 0.5) is 0 Å². The normalized spacial score (nSPS) is 12.3. The first kappa shape index (κ1) is 18.9. The lowest BCUT2D eigenvalue weighted by atomic mass is 10.1. The van der Waals surface area contributed by atoms with E-state index in [1.165, 1.54) is 0 Å². The van der Waals surface area contributed by atoms with E-state index in [1.807, 2.05) is 48.5 Å². The molecule has 136 valence electrons. The molecule has 0 radical (unpaired) electrons. The molecule has 0 amide bonds. The smallest absolute Gasteiger partial charge is 0.117 e. The highest BCUT2D eigenvalue weighted by Crippen LogP contribution is 2.26. The Balaban J connectivity index is 1.93. The molecule has 1 atom stereocenters. The van der Waals surface area contributed by atoms with Crippen LogP contribution in [0.25, 0.3) is 11.3 Å². The number of hydrogen-bond donors (Lipinski definition) is 1. The summed E-state index contributed by atoms with van der Waals surface area (Å²) in [5.74, 6) is 0. The molecule has 0 unspecified atom stereocenters. The van der Waals surface area contributed by atoms with Crippen LogP contribution in [0.15, 0.2) is 48.5 Å². The van der Waals surface area contributed by atoms with Gasteiger partial charge in [-0.2, -0.15) is 15.0 Å². The minimum atomic E-state index is 0.418. The Morgan fingerprint density at radius 1 is 1.00 bits per heavy atom. The van der Waals surface area contributed by atoms with E-state index in [1.54, 1.807) is 4.80 Å². The van der Waals surface area contributed by atoms with E-state index in [2.05, 4.69) is 19.2 Å². The van der Waals surface area contributed by atoms with Gasteiger partial charge in [-0.25, -0.2) is 0 Å². The predicted molar refractivity (Wildman–Crippen MR) is 108 cm³/mol.